The van der Waals surface area contributed by atoms with E-state index in [1.165, 1.54) is 19.2 Å². The van der Waals surface area contributed by atoms with Gasteiger partial charge in [-0.2, -0.15) is 0 Å². The van der Waals surface area contributed by atoms with E-state index < -0.39 is 9.84 Å². The average Bonchev–Trinajstić information content (AvgIpc) is 2.52. The molecule has 22 heavy (non-hydrogen) atoms. The fourth-order valence-electron chi connectivity index (χ4n) is 2.49. The number of ether oxygens (including phenoxy) is 1. The zero-order chi connectivity index (χ0) is 16.2. The minimum absolute atomic E-state index is 0.0198. The van der Waals surface area contributed by atoms with E-state index in [0.29, 0.717) is 18.7 Å². The van der Waals surface area contributed by atoms with Gasteiger partial charge in [0, 0.05) is 31.8 Å². The van der Waals surface area contributed by atoms with Gasteiger partial charge in [0.15, 0.2) is 9.84 Å². The van der Waals surface area contributed by atoms with Crippen LogP contribution in [-0.2, 0) is 14.6 Å². The van der Waals surface area contributed by atoms with E-state index in [1.54, 1.807) is 17.0 Å². The SMILES string of the molecule is COCCS(=O)(=O)c1ccc(C(=O)N2CCC[C@@H](N)C2)cc1. The van der Waals surface area contributed by atoms with Crippen LogP contribution < -0.4 is 5.73 Å². The van der Waals surface area contributed by atoms with Crippen molar-refractivity contribution in [2.24, 2.45) is 5.73 Å². The number of carbonyl (C=O) groups is 1. The number of hydrogen-bond acceptors (Lipinski definition) is 5. The Labute approximate surface area is 131 Å². The molecule has 1 aromatic rings. The molecule has 1 heterocycles. The molecule has 0 bridgehead atoms. The fraction of sp³-hybridized carbons (Fsp3) is 0.533. The molecule has 1 saturated heterocycles. The maximum absolute atomic E-state index is 12.4. The first-order chi connectivity index (χ1) is 10.4. The molecule has 2 rings (SSSR count). The Morgan fingerprint density at radius 3 is 2.64 bits per heavy atom. The third kappa shape index (κ3) is 4.06. The number of rotatable bonds is 5. The summed E-state index contributed by atoms with van der Waals surface area (Å²) in [5, 5.41) is 0. The number of amides is 1. The Hall–Kier alpha value is -1.44. The van der Waals surface area contributed by atoms with E-state index in [2.05, 4.69) is 0 Å². The predicted octanol–water partition coefficient (Wildman–Crippen LogP) is 0.670. The van der Waals surface area contributed by atoms with Gasteiger partial charge in [-0.25, -0.2) is 8.42 Å². The number of sulfone groups is 1. The molecule has 1 atom stereocenters. The van der Waals surface area contributed by atoms with Crippen molar-refractivity contribution in [3.8, 4) is 0 Å². The van der Waals surface area contributed by atoms with Gasteiger partial charge >= 0.3 is 0 Å². The molecule has 2 N–H and O–H groups in total. The second-order valence-corrected chi connectivity index (χ2v) is 7.60. The van der Waals surface area contributed by atoms with Gasteiger partial charge in [-0.3, -0.25) is 4.79 Å². The Morgan fingerprint density at radius 2 is 2.05 bits per heavy atom. The molecule has 1 amide bonds. The molecular formula is C15H22N2O4S. The summed E-state index contributed by atoms with van der Waals surface area (Å²) in [5.41, 5.74) is 6.37. The lowest BCUT2D eigenvalue weighted by Crippen LogP contribution is -2.45. The Morgan fingerprint density at radius 1 is 1.36 bits per heavy atom. The minimum atomic E-state index is -3.37. The third-order valence-corrected chi connectivity index (χ3v) is 5.46. The second kappa shape index (κ2) is 7.21. The van der Waals surface area contributed by atoms with Crippen LogP contribution in [0.5, 0.6) is 0 Å². The fourth-order valence-corrected chi connectivity index (χ4v) is 3.67. The predicted molar refractivity (Wildman–Crippen MR) is 83.5 cm³/mol. The number of benzene rings is 1. The van der Waals surface area contributed by atoms with Crippen LogP contribution in [0, 0.1) is 0 Å². The molecule has 0 saturated carbocycles. The van der Waals surface area contributed by atoms with E-state index >= 15 is 0 Å². The van der Waals surface area contributed by atoms with E-state index in [9.17, 15) is 13.2 Å². The standard InChI is InChI=1S/C15H22N2O4S/c1-21-9-10-22(19,20)14-6-4-12(5-7-14)15(18)17-8-2-3-13(16)11-17/h4-7,13H,2-3,8-11,16H2,1H3/t13-/m1/s1. The zero-order valence-corrected chi connectivity index (χ0v) is 13.5. The van der Waals surface area contributed by atoms with Gasteiger partial charge in [-0.05, 0) is 37.1 Å². The van der Waals surface area contributed by atoms with Crippen LogP contribution in [-0.4, -0.2) is 57.8 Å². The number of piperidine rings is 1. The molecule has 1 aliphatic heterocycles. The molecule has 1 fully saturated rings. The van der Waals surface area contributed by atoms with Crippen LogP contribution in [0.15, 0.2) is 29.2 Å². The van der Waals surface area contributed by atoms with E-state index in [4.69, 9.17) is 10.5 Å². The summed E-state index contributed by atoms with van der Waals surface area (Å²) in [6, 6.07) is 6.08. The van der Waals surface area contributed by atoms with Gasteiger partial charge in [0.2, 0.25) is 0 Å². The van der Waals surface area contributed by atoms with Crippen molar-refractivity contribution < 1.29 is 17.9 Å². The van der Waals surface area contributed by atoms with Crippen LogP contribution in [0.2, 0.25) is 0 Å². The first-order valence-electron chi connectivity index (χ1n) is 7.30. The summed E-state index contributed by atoms with van der Waals surface area (Å²) in [6.45, 7) is 1.39. The minimum Gasteiger partial charge on any atom is -0.384 e. The van der Waals surface area contributed by atoms with Crippen molar-refractivity contribution in [2.75, 3.05) is 32.6 Å². The summed E-state index contributed by atoms with van der Waals surface area (Å²) in [6.07, 6.45) is 1.83. The molecule has 0 unspecified atom stereocenters. The van der Waals surface area contributed by atoms with Crippen molar-refractivity contribution in [2.45, 2.75) is 23.8 Å². The van der Waals surface area contributed by atoms with Gasteiger partial charge in [-0.15, -0.1) is 0 Å². The van der Waals surface area contributed by atoms with Crippen molar-refractivity contribution >= 4 is 15.7 Å². The lowest BCUT2D eigenvalue weighted by molar-refractivity contribution is 0.0708. The third-order valence-electron chi connectivity index (χ3n) is 3.76. The van der Waals surface area contributed by atoms with Crippen molar-refractivity contribution in [1.29, 1.82) is 0 Å². The molecule has 6 nitrogen and oxygen atoms in total. The highest BCUT2D eigenvalue weighted by Gasteiger charge is 2.23. The maximum atomic E-state index is 12.4. The first-order valence-corrected chi connectivity index (χ1v) is 8.96. The van der Waals surface area contributed by atoms with Crippen LogP contribution in [0.3, 0.4) is 0 Å². The number of hydrogen-bond donors (Lipinski definition) is 1. The number of likely N-dealkylation sites (tertiary alicyclic amines) is 1. The summed E-state index contributed by atoms with van der Waals surface area (Å²) < 4.78 is 28.8. The number of nitrogens with two attached hydrogens (primary N) is 1. The smallest absolute Gasteiger partial charge is 0.253 e. The molecule has 122 valence electrons. The highest BCUT2D eigenvalue weighted by Crippen LogP contribution is 2.16. The molecule has 0 spiro atoms. The number of nitrogens with zero attached hydrogens (tertiary/aromatic N) is 1. The molecule has 0 aromatic heterocycles. The summed E-state index contributed by atoms with van der Waals surface area (Å²) in [4.78, 5) is 14.3. The van der Waals surface area contributed by atoms with Gasteiger partial charge in [0.05, 0.1) is 17.3 Å². The van der Waals surface area contributed by atoms with Crippen LogP contribution in [0.25, 0.3) is 0 Å². The van der Waals surface area contributed by atoms with Crippen LogP contribution in [0.1, 0.15) is 23.2 Å². The Balaban J connectivity index is 2.10. The maximum Gasteiger partial charge on any atom is 0.253 e. The van der Waals surface area contributed by atoms with Gasteiger partial charge in [0.25, 0.3) is 5.91 Å². The summed E-state index contributed by atoms with van der Waals surface area (Å²) in [7, 11) is -1.91. The van der Waals surface area contributed by atoms with Crippen LogP contribution >= 0.6 is 0 Å². The highest BCUT2D eigenvalue weighted by molar-refractivity contribution is 7.91. The van der Waals surface area contributed by atoms with Crippen molar-refractivity contribution in [1.82, 2.24) is 4.90 Å². The van der Waals surface area contributed by atoms with Gasteiger partial charge < -0.3 is 15.4 Å². The van der Waals surface area contributed by atoms with Gasteiger partial charge in [0.1, 0.15) is 0 Å². The monoisotopic (exact) mass is 326 g/mol. The molecule has 1 aromatic carbocycles. The lowest BCUT2D eigenvalue weighted by atomic mass is 10.1. The van der Waals surface area contributed by atoms with E-state index in [0.717, 1.165) is 12.8 Å². The zero-order valence-electron chi connectivity index (χ0n) is 12.7. The number of methoxy groups -OCH3 is 1. The van der Waals surface area contributed by atoms with Crippen molar-refractivity contribution in [3.05, 3.63) is 29.8 Å². The molecular weight excluding hydrogens is 304 g/mol. The molecule has 1 aliphatic rings. The molecule has 7 heteroatoms. The molecule has 0 aliphatic carbocycles. The second-order valence-electron chi connectivity index (χ2n) is 5.49. The number of carbonyl (C=O) groups excluding carboxylic acids is 1. The summed E-state index contributed by atoms with van der Waals surface area (Å²) in [5.74, 6) is -0.173. The topological polar surface area (TPSA) is 89.7 Å². The molecule has 0 radical (unpaired) electrons. The summed E-state index contributed by atoms with van der Waals surface area (Å²) >= 11 is 0. The first kappa shape index (κ1) is 16.9. The largest absolute Gasteiger partial charge is 0.384 e. The Kier molecular flexibility index (Phi) is 5.55. The quantitative estimate of drug-likeness (QED) is 0.859. The Bertz CT molecular complexity index is 613. The van der Waals surface area contributed by atoms with Crippen molar-refractivity contribution in [3.63, 3.8) is 0 Å². The van der Waals surface area contributed by atoms with Crippen LogP contribution in [0.4, 0.5) is 0 Å². The normalized spacial score (nSPS) is 19.2. The van der Waals surface area contributed by atoms with E-state index in [-0.39, 0.29) is 29.2 Å². The van der Waals surface area contributed by atoms with Gasteiger partial charge in [-0.1, -0.05) is 0 Å². The average molecular weight is 326 g/mol. The highest BCUT2D eigenvalue weighted by atomic mass is 32.2. The lowest BCUT2D eigenvalue weighted by Gasteiger charge is -2.30. The van der Waals surface area contributed by atoms with E-state index in [1.807, 2.05) is 0 Å².